The van der Waals surface area contributed by atoms with Gasteiger partial charge in [-0.25, -0.2) is 9.59 Å². The molecule has 2 aliphatic rings. The second kappa shape index (κ2) is 9.06. The molecule has 1 amide bonds. The number of carbonyl (C=O) groups excluding carboxylic acids is 2. The van der Waals surface area contributed by atoms with Crippen LogP contribution in [0.2, 0.25) is 0 Å². The number of alkyl halides is 3. The van der Waals surface area contributed by atoms with E-state index in [1.807, 2.05) is 0 Å². The lowest BCUT2D eigenvalue weighted by molar-refractivity contribution is -0.00621. The molecule has 2 bridgehead atoms. The average Bonchev–Trinajstić information content (AvgIpc) is 2.95. The molecule has 160 valence electrons. The van der Waals surface area contributed by atoms with Crippen LogP contribution in [0, 0.1) is 0 Å². The van der Waals surface area contributed by atoms with Gasteiger partial charge in [-0.2, -0.15) is 0 Å². The minimum absolute atomic E-state index is 0.0696. The SMILES string of the molecule is COc1ccc(C(=O)OC2CC3CC[C@H](C2)N3C(=O)OCC(Cl)(Cl)Cl)cc1OC. The maximum absolute atomic E-state index is 12.6. The summed E-state index contributed by atoms with van der Waals surface area (Å²) in [5.74, 6) is 0.542. The van der Waals surface area contributed by atoms with Crippen LogP contribution in [0.5, 0.6) is 11.5 Å². The van der Waals surface area contributed by atoms with Crippen molar-refractivity contribution >= 4 is 46.9 Å². The molecular weight excluding hydrogens is 445 g/mol. The number of carbonyl (C=O) groups is 2. The number of hydrogen-bond acceptors (Lipinski definition) is 6. The highest BCUT2D eigenvalue weighted by Crippen LogP contribution is 2.38. The van der Waals surface area contributed by atoms with Crippen molar-refractivity contribution in [3.63, 3.8) is 0 Å². The van der Waals surface area contributed by atoms with E-state index in [1.165, 1.54) is 14.2 Å². The van der Waals surface area contributed by atoms with E-state index in [1.54, 1.807) is 23.1 Å². The van der Waals surface area contributed by atoms with Crippen molar-refractivity contribution in [1.29, 1.82) is 0 Å². The largest absolute Gasteiger partial charge is 0.493 e. The predicted molar refractivity (Wildman–Crippen MR) is 108 cm³/mol. The van der Waals surface area contributed by atoms with E-state index in [4.69, 9.17) is 53.8 Å². The highest BCUT2D eigenvalue weighted by Gasteiger charge is 2.45. The molecule has 3 atom stereocenters. The van der Waals surface area contributed by atoms with Crippen LogP contribution in [0.4, 0.5) is 4.79 Å². The first-order valence-electron chi connectivity index (χ1n) is 9.16. The molecule has 0 spiro atoms. The summed E-state index contributed by atoms with van der Waals surface area (Å²) in [5.41, 5.74) is 0.375. The molecule has 10 heteroatoms. The molecule has 1 aromatic carbocycles. The maximum atomic E-state index is 12.6. The average molecular weight is 467 g/mol. The topological polar surface area (TPSA) is 74.3 Å². The van der Waals surface area contributed by atoms with Crippen LogP contribution in [0.1, 0.15) is 36.0 Å². The smallest absolute Gasteiger partial charge is 0.410 e. The number of halogens is 3. The van der Waals surface area contributed by atoms with Gasteiger partial charge in [0.25, 0.3) is 0 Å². The summed E-state index contributed by atoms with van der Waals surface area (Å²) < 4.78 is 19.6. The molecule has 2 saturated heterocycles. The van der Waals surface area contributed by atoms with Gasteiger partial charge in [-0.05, 0) is 31.0 Å². The number of fused-ring (bicyclic) bond motifs is 2. The van der Waals surface area contributed by atoms with Crippen molar-refractivity contribution in [2.24, 2.45) is 0 Å². The van der Waals surface area contributed by atoms with Gasteiger partial charge >= 0.3 is 12.1 Å². The molecule has 2 fully saturated rings. The summed E-state index contributed by atoms with van der Waals surface area (Å²) in [6.07, 6.45) is 1.92. The van der Waals surface area contributed by atoms with Crippen molar-refractivity contribution in [2.45, 2.75) is 47.7 Å². The van der Waals surface area contributed by atoms with Crippen LogP contribution in [0.25, 0.3) is 0 Å². The van der Waals surface area contributed by atoms with Crippen molar-refractivity contribution < 1.29 is 28.5 Å². The Morgan fingerprint density at radius 3 is 2.24 bits per heavy atom. The van der Waals surface area contributed by atoms with E-state index in [2.05, 4.69) is 0 Å². The second-order valence-electron chi connectivity index (χ2n) is 7.03. The minimum Gasteiger partial charge on any atom is -0.493 e. The van der Waals surface area contributed by atoms with Crippen LogP contribution in [-0.4, -0.2) is 59.8 Å². The Morgan fingerprint density at radius 1 is 1.07 bits per heavy atom. The van der Waals surface area contributed by atoms with Gasteiger partial charge in [-0.3, -0.25) is 0 Å². The van der Waals surface area contributed by atoms with Crippen molar-refractivity contribution in [2.75, 3.05) is 20.8 Å². The Morgan fingerprint density at radius 2 is 1.69 bits per heavy atom. The summed E-state index contributed by atoms with van der Waals surface area (Å²) in [4.78, 5) is 26.6. The molecular formula is C19H22Cl3NO6. The summed E-state index contributed by atoms with van der Waals surface area (Å²) in [7, 11) is 3.03. The summed E-state index contributed by atoms with van der Waals surface area (Å²) in [6, 6.07) is 4.72. The third-order valence-electron chi connectivity index (χ3n) is 5.15. The first-order chi connectivity index (χ1) is 13.7. The fourth-order valence-corrected chi connectivity index (χ4v) is 4.09. The maximum Gasteiger partial charge on any atom is 0.410 e. The number of nitrogens with zero attached hydrogens (tertiary/aromatic N) is 1. The molecule has 2 unspecified atom stereocenters. The van der Waals surface area contributed by atoms with E-state index in [-0.39, 0.29) is 24.8 Å². The van der Waals surface area contributed by atoms with E-state index >= 15 is 0 Å². The zero-order valence-electron chi connectivity index (χ0n) is 16.0. The van der Waals surface area contributed by atoms with Crippen LogP contribution in [0.15, 0.2) is 18.2 Å². The van der Waals surface area contributed by atoms with Gasteiger partial charge in [-0.1, -0.05) is 34.8 Å². The minimum atomic E-state index is -1.65. The lowest BCUT2D eigenvalue weighted by atomic mass is 10.00. The van der Waals surface area contributed by atoms with Crippen LogP contribution in [0.3, 0.4) is 0 Å². The van der Waals surface area contributed by atoms with Gasteiger partial charge in [0.15, 0.2) is 11.5 Å². The van der Waals surface area contributed by atoms with Crippen LogP contribution < -0.4 is 9.47 Å². The second-order valence-corrected chi connectivity index (χ2v) is 9.55. The Labute approximate surface area is 184 Å². The Bertz CT molecular complexity index is 755. The molecule has 0 aromatic heterocycles. The Balaban J connectivity index is 1.60. The fraction of sp³-hybridized carbons (Fsp3) is 0.579. The number of esters is 1. The first-order valence-corrected chi connectivity index (χ1v) is 10.3. The fourth-order valence-electron chi connectivity index (χ4n) is 3.92. The zero-order valence-corrected chi connectivity index (χ0v) is 18.3. The third kappa shape index (κ3) is 5.32. The molecule has 2 heterocycles. The van der Waals surface area contributed by atoms with Crippen molar-refractivity contribution in [3.8, 4) is 11.5 Å². The summed E-state index contributed by atoms with van der Waals surface area (Å²) in [6.45, 7) is -0.315. The predicted octanol–water partition coefficient (Wildman–Crippen LogP) is 4.36. The quantitative estimate of drug-likeness (QED) is 0.474. The highest BCUT2D eigenvalue weighted by atomic mass is 35.6. The number of piperidine rings is 1. The third-order valence-corrected chi connectivity index (χ3v) is 5.48. The van der Waals surface area contributed by atoms with Gasteiger partial charge in [0, 0.05) is 24.9 Å². The number of hydrogen-bond donors (Lipinski definition) is 0. The van der Waals surface area contributed by atoms with E-state index in [0.29, 0.717) is 29.9 Å². The van der Waals surface area contributed by atoms with Crippen molar-refractivity contribution in [1.82, 2.24) is 4.90 Å². The highest BCUT2D eigenvalue weighted by molar-refractivity contribution is 6.67. The van der Waals surface area contributed by atoms with Gasteiger partial charge < -0.3 is 23.8 Å². The number of rotatable bonds is 5. The lowest BCUT2D eigenvalue weighted by Crippen LogP contribution is -2.49. The zero-order chi connectivity index (χ0) is 21.2. The summed E-state index contributed by atoms with van der Waals surface area (Å²) in [5, 5.41) is 0. The molecule has 29 heavy (non-hydrogen) atoms. The van der Waals surface area contributed by atoms with E-state index in [9.17, 15) is 9.59 Å². The number of amides is 1. The molecule has 0 aliphatic carbocycles. The van der Waals surface area contributed by atoms with E-state index in [0.717, 1.165) is 12.8 Å². The van der Waals surface area contributed by atoms with Gasteiger partial charge in [-0.15, -0.1) is 0 Å². The normalized spacial score (nSPS) is 23.5. The van der Waals surface area contributed by atoms with Gasteiger partial charge in [0.05, 0.1) is 19.8 Å². The number of benzene rings is 1. The van der Waals surface area contributed by atoms with E-state index < -0.39 is 15.9 Å². The van der Waals surface area contributed by atoms with Crippen LogP contribution in [-0.2, 0) is 9.47 Å². The molecule has 3 rings (SSSR count). The molecule has 7 nitrogen and oxygen atoms in total. The lowest BCUT2D eigenvalue weighted by Gasteiger charge is -2.37. The molecule has 1 aromatic rings. The molecule has 0 radical (unpaired) electrons. The van der Waals surface area contributed by atoms with Gasteiger partial charge in [0.2, 0.25) is 3.79 Å². The standard InChI is InChI=1S/C19H22Cl3NO6/c1-26-15-6-3-11(7-16(15)27-2)17(24)29-14-8-12-4-5-13(9-14)23(12)18(25)28-10-19(20,21)22/h3,6-7,12-14H,4-5,8-10H2,1-2H3/t12-,13?,14?/m1/s1. The number of methoxy groups -OCH3 is 2. The molecule has 2 aliphatic heterocycles. The van der Waals surface area contributed by atoms with Gasteiger partial charge in [0.1, 0.15) is 12.7 Å². The first kappa shape index (κ1) is 22.1. The molecule has 0 N–H and O–H groups in total. The van der Waals surface area contributed by atoms with Crippen molar-refractivity contribution in [3.05, 3.63) is 23.8 Å². The Hall–Kier alpha value is -1.57. The van der Waals surface area contributed by atoms with Crippen LogP contribution >= 0.6 is 34.8 Å². The number of ether oxygens (including phenoxy) is 4. The summed E-state index contributed by atoms with van der Waals surface area (Å²) >= 11 is 16.9. The monoisotopic (exact) mass is 465 g/mol. The molecule has 0 saturated carbocycles. The Kier molecular flexibility index (Phi) is 6.91.